The lowest BCUT2D eigenvalue weighted by Crippen LogP contribution is -2.62. The van der Waals surface area contributed by atoms with Gasteiger partial charge in [-0.2, -0.15) is 0 Å². The zero-order chi connectivity index (χ0) is 18.6. The SMILES string of the molecule is CC[C@H](NC(=O)N1CCC2(CC1)C(=O)NCCCN2C)c1cccnc1. The van der Waals surface area contributed by atoms with Gasteiger partial charge in [-0.1, -0.05) is 13.0 Å². The number of hydrogen-bond donors (Lipinski definition) is 2. The van der Waals surface area contributed by atoms with Crippen LogP contribution >= 0.6 is 0 Å². The Morgan fingerprint density at radius 2 is 2.15 bits per heavy atom. The van der Waals surface area contributed by atoms with Crippen LogP contribution in [0.2, 0.25) is 0 Å². The molecule has 2 aliphatic heterocycles. The number of hydrogen-bond acceptors (Lipinski definition) is 4. The van der Waals surface area contributed by atoms with Gasteiger partial charge in [0.05, 0.1) is 6.04 Å². The Kier molecular flexibility index (Phi) is 5.76. The van der Waals surface area contributed by atoms with Gasteiger partial charge in [0.15, 0.2) is 0 Å². The molecule has 1 atom stereocenters. The number of nitrogens with zero attached hydrogens (tertiary/aromatic N) is 3. The average molecular weight is 359 g/mol. The maximum atomic E-state index is 12.7. The van der Waals surface area contributed by atoms with E-state index in [9.17, 15) is 9.59 Å². The minimum atomic E-state index is -0.471. The van der Waals surface area contributed by atoms with Crippen molar-refractivity contribution in [3.8, 4) is 0 Å². The Morgan fingerprint density at radius 1 is 1.38 bits per heavy atom. The number of urea groups is 1. The molecule has 2 fully saturated rings. The summed E-state index contributed by atoms with van der Waals surface area (Å²) in [5.41, 5.74) is 0.542. The number of amides is 3. The number of likely N-dealkylation sites (tertiary alicyclic amines) is 1. The van der Waals surface area contributed by atoms with E-state index < -0.39 is 5.54 Å². The summed E-state index contributed by atoms with van der Waals surface area (Å²) in [4.78, 5) is 33.5. The zero-order valence-corrected chi connectivity index (χ0v) is 15.7. The van der Waals surface area contributed by atoms with E-state index >= 15 is 0 Å². The van der Waals surface area contributed by atoms with Gasteiger partial charge in [-0.25, -0.2) is 4.79 Å². The van der Waals surface area contributed by atoms with Crippen LogP contribution in [0, 0.1) is 0 Å². The number of pyridine rings is 1. The normalized spacial score (nSPS) is 21.8. The maximum Gasteiger partial charge on any atom is 0.317 e. The number of nitrogens with one attached hydrogen (secondary N) is 2. The molecule has 1 aromatic rings. The van der Waals surface area contributed by atoms with Crippen LogP contribution in [0.25, 0.3) is 0 Å². The van der Waals surface area contributed by atoms with E-state index in [0.717, 1.165) is 31.5 Å². The second-order valence-electron chi connectivity index (χ2n) is 7.25. The fraction of sp³-hybridized carbons (Fsp3) is 0.632. The van der Waals surface area contributed by atoms with Gasteiger partial charge in [0.25, 0.3) is 0 Å². The number of aromatic nitrogens is 1. The van der Waals surface area contributed by atoms with Gasteiger partial charge in [-0.3, -0.25) is 14.7 Å². The number of piperidine rings is 1. The molecule has 0 radical (unpaired) electrons. The highest BCUT2D eigenvalue weighted by molar-refractivity contribution is 5.87. The molecule has 2 saturated heterocycles. The van der Waals surface area contributed by atoms with Crippen LogP contribution in [0.15, 0.2) is 24.5 Å². The highest BCUT2D eigenvalue weighted by Gasteiger charge is 2.46. The van der Waals surface area contributed by atoms with Crippen LogP contribution in [0.1, 0.15) is 44.2 Å². The van der Waals surface area contributed by atoms with Gasteiger partial charge in [0, 0.05) is 38.6 Å². The van der Waals surface area contributed by atoms with Crippen molar-refractivity contribution in [1.82, 2.24) is 25.4 Å². The number of carbonyl (C=O) groups excluding carboxylic acids is 2. The van der Waals surface area contributed by atoms with Crippen LogP contribution in [0.3, 0.4) is 0 Å². The van der Waals surface area contributed by atoms with E-state index in [1.165, 1.54) is 0 Å². The van der Waals surface area contributed by atoms with Crippen LogP contribution < -0.4 is 10.6 Å². The summed E-state index contributed by atoms with van der Waals surface area (Å²) in [7, 11) is 2.02. The lowest BCUT2D eigenvalue weighted by molar-refractivity contribution is -0.134. The molecule has 2 N–H and O–H groups in total. The summed E-state index contributed by atoms with van der Waals surface area (Å²) in [5, 5.41) is 6.15. The molecule has 1 spiro atoms. The molecule has 0 aliphatic carbocycles. The second-order valence-corrected chi connectivity index (χ2v) is 7.25. The lowest BCUT2D eigenvalue weighted by Gasteiger charge is -2.45. The highest BCUT2D eigenvalue weighted by Crippen LogP contribution is 2.30. The Balaban J connectivity index is 1.62. The standard InChI is InChI=1S/C19H29N5O2/c1-3-16(15-6-4-9-20-14-15)22-18(26)24-12-7-19(8-13-24)17(25)21-10-5-11-23(19)2/h4,6,9,14,16H,3,5,7-8,10-13H2,1-2H3,(H,21,25)(H,22,26)/t16-/m0/s1. The molecule has 0 aromatic carbocycles. The van der Waals surface area contributed by atoms with E-state index in [2.05, 4.69) is 20.5 Å². The first kappa shape index (κ1) is 18.6. The molecule has 0 bridgehead atoms. The molecule has 1 aromatic heterocycles. The molecule has 3 rings (SSSR count). The second kappa shape index (κ2) is 8.03. The summed E-state index contributed by atoms with van der Waals surface area (Å²) in [6, 6.07) is 3.76. The molecular weight excluding hydrogens is 330 g/mol. The van der Waals surface area contributed by atoms with Crippen molar-refractivity contribution in [1.29, 1.82) is 0 Å². The minimum absolute atomic E-state index is 0.0454. The Bertz CT molecular complexity index is 628. The number of likely N-dealkylation sites (N-methyl/N-ethyl adjacent to an activating group) is 1. The summed E-state index contributed by atoms with van der Waals surface area (Å²) >= 11 is 0. The topological polar surface area (TPSA) is 77.6 Å². The van der Waals surface area contributed by atoms with Crippen molar-refractivity contribution < 1.29 is 9.59 Å². The van der Waals surface area contributed by atoms with Crippen LogP contribution in [-0.2, 0) is 4.79 Å². The van der Waals surface area contributed by atoms with Gasteiger partial charge < -0.3 is 15.5 Å². The van der Waals surface area contributed by atoms with Crippen molar-refractivity contribution in [3.05, 3.63) is 30.1 Å². The van der Waals surface area contributed by atoms with Gasteiger partial charge in [0.1, 0.15) is 5.54 Å². The highest BCUT2D eigenvalue weighted by atomic mass is 16.2. The number of rotatable bonds is 3. The Morgan fingerprint density at radius 3 is 2.81 bits per heavy atom. The van der Waals surface area contributed by atoms with Crippen LogP contribution in [0.5, 0.6) is 0 Å². The molecule has 2 aliphatic rings. The third kappa shape index (κ3) is 3.67. The molecule has 7 heteroatoms. The first-order chi connectivity index (χ1) is 12.6. The summed E-state index contributed by atoms with van der Waals surface area (Å²) < 4.78 is 0. The Labute approximate surface area is 155 Å². The predicted octanol–water partition coefficient (Wildman–Crippen LogP) is 1.53. The number of carbonyl (C=O) groups is 2. The van der Waals surface area contributed by atoms with E-state index in [1.54, 1.807) is 12.4 Å². The van der Waals surface area contributed by atoms with E-state index in [-0.39, 0.29) is 18.0 Å². The van der Waals surface area contributed by atoms with Gasteiger partial charge in [-0.05, 0) is 44.4 Å². The zero-order valence-electron chi connectivity index (χ0n) is 15.7. The van der Waals surface area contributed by atoms with Crippen molar-refractivity contribution >= 4 is 11.9 Å². The van der Waals surface area contributed by atoms with Crippen molar-refractivity contribution in [2.75, 3.05) is 33.2 Å². The van der Waals surface area contributed by atoms with Crippen molar-refractivity contribution in [2.24, 2.45) is 0 Å². The van der Waals surface area contributed by atoms with E-state index in [1.807, 2.05) is 31.0 Å². The smallest absolute Gasteiger partial charge is 0.317 e. The third-order valence-electron chi connectivity index (χ3n) is 5.78. The maximum absolute atomic E-state index is 12.7. The van der Waals surface area contributed by atoms with Crippen molar-refractivity contribution in [3.63, 3.8) is 0 Å². The predicted molar refractivity (Wildman–Crippen MR) is 99.6 cm³/mol. The summed E-state index contributed by atoms with van der Waals surface area (Å²) in [5.74, 6) is 0.111. The molecule has 7 nitrogen and oxygen atoms in total. The first-order valence-corrected chi connectivity index (χ1v) is 9.52. The molecule has 0 saturated carbocycles. The van der Waals surface area contributed by atoms with Gasteiger partial charge in [-0.15, -0.1) is 0 Å². The third-order valence-corrected chi connectivity index (χ3v) is 5.78. The monoisotopic (exact) mass is 359 g/mol. The quantitative estimate of drug-likeness (QED) is 0.858. The van der Waals surface area contributed by atoms with Crippen molar-refractivity contribution in [2.45, 2.75) is 44.2 Å². The van der Waals surface area contributed by atoms with E-state index in [0.29, 0.717) is 25.9 Å². The summed E-state index contributed by atoms with van der Waals surface area (Å²) in [6.45, 7) is 4.87. The molecule has 142 valence electrons. The summed E-state index contributed by atoms with van der Waals surface area (Å²) in [6.07, 6.45) is 6.65. The Hall–Kier alpha value is -2.15. The minimum Gasteiger partial charge on any atom is -0.354 e. The average Bonchev–Trinajstić information content (AvgIpc) is 2.81. The van der Waals surface area contributed by atoms with Crippen LogP contribution in [0.4, 0.5) is 4.79 Å². The van der Waals surface area contributed by atoms with E-state index in [4.69, 9.17) is 0 Å². The first-order valence-electron chi connectivity index (χ1n) is 9.52. The van der Waals surface area contributed by atoms with Gasteiger partial charge in [0.2, 0.25) is 5.91 Å². The molecule has 26 heavy (non-hydrogen) atoms. The lowest BCUT2D eigenvalue weighted by atomic mass is 9.85. The fourth-order valence-corrected chi connectivity index (χ4v) is 4.00. The largest absolute Gasteiger partial charge is 0.354 e. The van der Waals surface area contributed by atoms with Gasteiger partial charge >= 0.3 is 6.03 Å². The van der Waals surface area contributed by atoms with Crippen LogP contribution in [-0.4, -0.2) is 65.5 Å². The molecular formula is C19H29N5O2. The fourth-order valence-electron chi connectivity index (χ4n) is 4.00. The molecule has 3 amide bonds. The molecule has 3 heterocycles. The molecule has 0 unspecified atom stereocenters.